The van der Waals surface area contributed by atoms with Crippen molar-refractivity contribution in [3.05, 3.63) is 0 Å². The predicted octanol–water partition coefficient (Wildman–Crippen LogP) is 0.278. The molecule has 3 N–H and O–H groups in total. The highest BCUT2D eigenvalue weighted by atomic mass is 16.5. The van der Waals surface area contributed by atoms with E-state index in [0.29, 0.717) is 25.7 Å². The number of ether oxygens (including phenoxy) is 1. The first-order valence-electron chi connectivity index (χ1n) is 7.29. The maximum absolute atomic E-state index is 12.1. The molecule has 5 heteroatoms. The lowest BCUT2D eigenvalue weighted by atomic mass is 9.79. The van der Waals surface area contributed by atoms with Gasteiger partial charge >= 0.3 is 0 Å². The van der Waals surface area contributed by atoms with E-state index >= 15 is 0 Å². The van der Waals surface area contributed by atoms with E-state index in [0.717, 1.165) is 25.7 Å². The molecule has 1 saturated carbocycles. The van der Waals surface area contributed by atoms with Crippen LogP contribution in [-0.4, -0.2) is 49.5 Å². The number of aliphatic hydroxyl groups is 1. The molecule has 2 atom stereocenters. The molecule has 1 amide bonds. The monoisotopic (exact) mass is 270 g/mol. The summed E-state index contributed by atoms with van der Waals surface area (Å²) in [5, 5.41) is 16.4. The molecule has 1 aliphatic carbocycles. The van der Waals surface area contributed by atoms with Crippen LogP contribution in [0.25, 0.3) is 0 Å². The molecule has 1 saturated heterocycles. The molecule has 2 unspecified atom stereocenters. The Morgan fingerprint density at radius 2 is 2.05 bits per heavy atom. The van der Waals surface area contributed by atoms with Crippen molar-refractivity contribution in [3.63, 3.8) is 0 Å². The molecular weight excluding hydrogens is 244 g/mol. The van der Waals surface area contributed by atoms with Crippen LogP contribution in [0, 0.1) is 11.8 Å². The number of hydrogen-bond acceptors (Lipinski definition) is 4. The third kappa shape index (κ3) is 3.68. The molecule has 2 rings (SSSR count). The molecular formula is C14H26N2O3. The number of carbonyl (C=O) groups excluding carboxylic acids is 1. The highest BCUT2D eigenvalue weighted by Crippen LogP contribution is 2.31. The number of likely N-dealkylation sites (N-methyl/N-ethyl adjacent to an activating group) is 1. The van der Waals surface area contributed by atoms with E-state index in [-0.39, 0.29) is 17.9 Å². The minimum absolute atomic E-state index is 0.0103. The highest BCUT2D eigenvalue weighted by Gasteiger charge is 2.36. The number of amides is 1. The Bertz CT molecular complexity index is 314. The van der Waals surface area contributed by atoms with Gasteiger partial charge in [0.15, 0.2) is 0 Å². The summed E-state index contributed by atoms with van der Waals surface area (Å²) in [6.07, 6.45) is 3.65. The van der Waals surface area contributed by atoms with Gasteiger partial charge in [0.05, 0.1) is 24.7 Å². The van der Waals surface area contributed by atoms with E-state index in [1.54, 1.807) is 0 Å². The van der Waals surface area contributed by atoms with Crippen molar-refractivity contribution in [2.75, 3.05) is 26.8 Å². The Labute approximate surface area is 115 Å². The Kier molecular flexibility index (Phi) is 4.81. The summed E-state index contributed by atoms with van der Waals surface area (Å²) in [6.45, 7) is 3.63. The van der Waals surface area contributed by atoms with Crippen LogP contribution >= 0.6 is 0 Å². The van der Waals surface area contributed by atoms with Gasteiger partial charge < -0.3 is 20.5 Å². The van der Waals surface area contributed by atoms with Gasteiger partial charge in [-0.1, -0.05) is 6.92 Å². The first-order chi connectivity index (χ1) is 9.04. The average Bonchev–Trinajstić information content (AvgIpc) is 2.88. The average molecular weight is 270 g/mol. The summed E-state index contributed by atoms with van der Waals surface area (Å²) in [5.74, 6) is 0.535. The summed E-state index contributed by atoms with van der Waals surface area (Å²) in [6, 6.07) is 0.0843. The van der Waals surface area contributed by atoms with Crippen LogP contribution in [0.15, 0.2) is 0 Å². The standard InChI is InChI=1S/C14H26N2O3/c1-10-3-5-14(18,6-4-10)9-16-13(17)11-7-19-8-12(11)15-2/h10-12,15,18H,3-9H2,1-2H3,(H,16,17). The van der Waals surface area contributed by atoms with E-state index in [2.05, 4.69) is 17.6 Å². The van der Waals surface area contributed by atoms with Gasteiger partial charge in [-0.05, 0) is 38.6 Å². The number of rotatable bonds is 4. The second-order valence-corrected chi connectivity index (χ2v) is 6.16. The van der Waals surface area contributed by atoms with Crippen molar-refractivity contribution in [1.82, 2.24) is 10.6 Å². The van der Waals surface area contributed by atoms with Crippen LogP contribution in [0.1, 0.15) is 32.6 Å². The van der Waals surface area contributed by atoms with Gasteiger partial charge in [0, 0.05) is 12.6 Å². The lowest BCUT2D eigenvalue weighted by molar-refractivity contribution is -0.127. The quantitative estimate of drug-likeness (QED) is 0.686. The van der Waals surface area contributed by atoms with Crippen molar-refractivity contribution in [3.8, 4) is 0 Å². The first-order valence-corrected chi connectivity index (χ1v) is 7.29. The summed E-state index contributed by atoms with van der Waals surface area (Å²) in [7, 11) is 1.84. The molecule has 1 heterocycles. The molecule has 1 aliphatic heterocycles. The third-order valence-corrected chi connectivity index (χ3v) is 4.58. The normalized spacial score (nSPS) is 39.2. The van der Waals surface area contributed by atoms with Crippen molar-refractivity contribution >= 4 is 5.91 Å². The van der Waals surface area contributed by atoms with Gasteiger partial charge in [-0.25, -0.2) is 0 Å². The van der Waals surface area contributed by atoms with E-state index in [4.69, 9.17) is 4.74 Å². The van der Waals surface area contributed by atoms with E-state index < -0.39 is 5.60 Å². The van der Waals surface area contributed by atoms with Crippen LogP contribution in [0.4, 0.5) is 0 Å². The smallest absolute Gasteiger partial charge is 0.227 e. The second kappa shape index (κ2) is 6.20. The maximum Gasteiger partial charge on any atom is 0.227 e. The van der Waals surface area contributed by atoms with E-state index in [1.165, 1.54) is 0 Å². The first kappa shape index (κ1) is 14.8. The van der Waals surface area contributed by atoms with Crippen LogP contribution in [-0.2, 0) is 9.53 Å². The van der Waals surface area contributed by atoms with Crippen LogP contribution in [0.2, 0.25) is 0 Å². The molecule has 0 spiro atoms. The van der Waals surface area contributed by atoms with Crippen molar-refractivity contribution < 1.29 is 14.6 Å². The second-order valence-electron chi connectivity index (χ2n) is 6.16. The zero-order valence-electron chi connectivity index (χ0n) is 11.9. The third-order valence-electron chi connectivity index (χ3n) is 4.58. The van der Waals surface area contributed by atoms with E-state index in [9.17, 15) is 9.90 Å². The van der Waals surface area contributed by atoms with Crippen LogP contribution < -0.4 is 10.6 Å². The van der Waals surface area contributed by atoms with Gasteiger partial charge in [-0.3, -0.25) is 4.79 Å². The lowest BCUT2D eigenvalue weighted by Crippen LogP contribution is -2.49. The van der Waals surface area contributed by atoms with Gasteiger partial charge in [-0.15, -0.1) is 0 Å². The van der Waals surface area contributed by atoms with Crippen molar-refractivity contribution in [2.45, 2.75) is 44.2 Å². The molecule has 0 aromatic rings. The molecule has 0 radical (unpaired) electrons. The highest BCUT2D eigenvalue weighted by molar-refractivity contribution is 5.80. The van der Waals surface area contributed by atoms with Crippen LogP contribution in [0.5, 0.6) is 0 Å². The minimum atomic E-state index is -0.712. The molecule has 2 aliphatic rings. The fraction of sp³-hybridized carbons (Fsp3) is 0.929. The zero-order valence-corrected chi connectivity index (χ0v) is 11.9. The molecule has 0 aromatic carbocycles. The molecule has 19 heavy (non-hydrogen) atoms. The minimum Gasteiger partial charge on any atom is -0.388 e. The molecule has 5 nitrogen and oxygen atoms in total. The van der Waals surface area contributed by atoms with E-state index in [1.807, 2.05) is 7.05 Å². The largest absolute Gasteiger partial charge is 0.388 e. The topological polar surface area (TPSA) is 70.6 Å². The summed E-state index contributed by atoms with van der Waals surface area (Å²) < 4.78 is 5.33. The molecule has 0 bridgehead atoms. The SMILES string of the molecule is CNC1COCC1C(=O)NCC1(O)CCC(C)CC1. The number of hydrogen-bond donors (Lipinski definition) is 3. The summed E-state index contributed by atoms with van der Waals surface area (Å²) >= 11 is 0. The Hall–Kier alpha value is -0.650. The maximum atomic E-state index is 12.1. The van der Waals surface area contributed by atoms with Gasteiger partial charge in [0.1, 0.15) is 0 Å². The van der Waals surface area contributed by atoms with Crippen molar-refractivity contribution in [2.24, 2.45) is 11.8 Å². The van der Waals surface area contributed by atoms with Crippen LogP contribution in [0.3, 0.4) is 0 Å². The Balaban J connectivity index is 1.80. The fourth-order valence-electron chi connectivity index (χ4n) is 2.96. The van der Waals surface area contributed by atoms with Gasteiger partial charge in [0.25, 0.3) is 0 Å². The molecule has 2 fully saturated rings. The molecule has 0 aromatic heterocycles. The van der Waals surface area contributed by atoms with Gasteiger partial charge in [0.2, 0.25) is 5.91 Å². The molecule has 110 valence electrons. The Morgan fingerprint density at radius 3 is 2.68 bits per heavy atom. The Morgan fingerprint density at radius 1 is 1.37 bits per heavy atom. The predicted molar refractivity (Wildman–Crippen MR) is 72.7 cm³/mol. The zero-order chi connectivity index (χ0) is 13.9. The summed E-state index contributed by atoms with van der Waals surface area (Å²) in [4.78, 5) is 12.1. The van der Waals surface area contributed by atoms with Crippen molar-refractivity contribution in [1.29, 1.82) is 0 Å². The number of nitrogens with one attached hydrogen (secondary N) is 2. The summed E-state index contributed by atoms with van der Waals surface area (Å²) in [5.41, 5.74) is -0.712. The lowest BCUT2D eigenvalue weighted by Gasteiger charge is -2.35. The fourth-order valence-corrected chi connectivity index (χ4v) is 2.96. The number of carbonyl (C=O) groups is 1. The van der Waals surface area contributed by atoms with Gasteiger partial charge in [-0.2, -0.15) is 0 Å².